The Morgan fingerprint density at radius 2 is 2.03 bits per heavy atom. The fourth-order valence-corrected chi connectivity index (χ4v) is 3.64. The molecule has 1 aliphatic rings. The van der Waals surface area contributed by atoms with Crippen molar-refractivity contribution in [2.24, 2.45) is 11.7 Å². The standard InChI is InChI=1S/C21H23F3N4O2/c1-12-9-28(10-13(2)19(25)29)11-15-5-14(3-4-18(12)15)20(30)27-17-6-16(7-26-8-17)21(22,23)24/h3-8,12-13H,9-11H2,1-2H3,(H2,25,29)(H,27,30). The first kappa shape index (κ1) is 21.8. The molecular formula is C21H23F3N4O2. The van der Waals surface area contributed by atoms with E-state index in [4.69, 9.17) is 5.73 Å². The smallest absolute Gasteiger partial charge is 0.369 e. The lowest BCUT2D eigenvalue weighted by molar-refractivity contribution is -0.137. The third-order valence-electron chi connectivity index (χ3n) is 5.20. The minimum absolute atomic E-state index is 0.0298. The van der Waals surface area contributed by atoms with Gasteiger partial charge in [0.1, 0.15) is 0 Å². The van der Waals surface area contributed by atoms with E-state index in [9.17, 15) is 22.8 Å². The lowest BCUT2D eigenvalue weighted by Crippen LogP contribution is -2.39. The van der Waals surface area contributed by atoms with E-state index >= 15 is 0 Å². The molecule has 2 amide bonds. The van der Waals surface area contributed by atoms with Crippen molar-refractivity contribution in [1.29, 1.82) is 0 Å². The van der Waals surface area contributed by atoms with Crippen LogP contribution in [0.5, 0.6) is 0 Å². The average Bonchev–Trinajstić information content (AvgIpc) is 2.67. The number of rotatable bonds is 5. The summed E-state index contributed by atoms with van der Waals surface area (Å²) in [5.41, 5.74) is 6.79. The first-order valence-corrected chi connectivity index (χ1v) is 9.52. The second kappa shape index (κ2) is 8.43. The van der Waals surface area contributed by atoms with Crippen molar-refractivity contribution in [2.75, 3.05) is 18.4 Å². The summed E-state index contributed by atoms with van der Waals surface area (Å²) < 4.78 is 38.5. The van der Waals surface area contributed by atoms with Gasteiger partial charge in [-0.25, -0.2) is 0 Å². The molecule has 9 heteroatoms. The lowest BCUT2D eigenvalue weighted by atomic mass is 9.89. The highest BCUT2D eigenvalue weighted by Gasteiger charge is 2.31. The van der Waals surface area contributed by atoms with E-state index in [0.717, 1.165) is 23.7 Å². The van der Waals surface area contributed by atoms with Crippen molar-refractivity contribution in [3.8, 4) is 0 Å². The Kier molecular flexibility index (Phi) is 6.12. The number of aromatic nitrogens is 1. The highest BCUT2D eigenvalue weighted by Crippen LogP contribution is 2.31. The first-order valence-electron chi connectivity index (χ1n) is 9.52. The van der Waals surface area contributed by atoms with Gasteiger partial charge in [0.25, 0.3) is 5.91 Å². The molecule has 0 aliphatic carbocycles. The van der Waals surface area contributed by atoms with Crippen LogP contribution in [0.2, 0.25) is 0 Å². The van der Waals surface area contributed by atoms with Crippen LogP contribution in [0.3, 0.4) is 0 Å². The Bertz CT molecular complexity index is 962. The molecule has 160 valence electrons. The Labute approximate surface area is 172 Å². The van der Waals surface area contributed by atoms with Crippen LogP contribution >= 0.6 is 0 Å². The Morgan fingerprint density at radius 1 is 1.30 bits per heavy atom. The number of nitrogens with zero attached hydrogens (tertiary/aromatic N) is 2. The van der Waals surface area contributed by atoms with Crippen molar-refractivity contribution >= 4 is 17.5 Å². The zero-order valence-electron chi connectivity index (χ0n) is 16.7. The van der Waals surface area contributed by atoms with Gasteiger partial charge in [-0.3, -0.25) is 19.5 Å². The van der Waals surface area contributed by atoms with Crippen LogP contribution in [-0.2, 0) is 17.5 Å². The van der Waals surface area contributed by atoms with E-state index in [-0.39, 0.29) is 23.4 Å². The molecule has 1 aliphatic heterocycles. The highest BCUT2D eigenvalue weighted by molar-refractivity contribution is 6.04. The van der Waals surface area contributed by atoms with Crippen LogP contribution in [0.25, 0.3) is 0 Å². The second-order valence-electron chi connectivity index (χ2n) is 7.73. The molecule has 0 fully saturated rings. The number of anilines is 1. The molecule has 2 unspecified atom stereocenters. The molecular weight excluding hydrogens is 397 g/mol. The molecule has 1 aromatic carbocycles. The molecule has 3 N–H and O–H groups in total. The molecule has 2 heterocycles. The number of nitrogens with one attached hydrogen (secondary N) is 1. The summed E-state index contributed by atoms with van der Waals surface area (Å²) >= 11 is 0. The van der Waals surface area contributed by atoms with E-state index in [1.54, 1.807) is 19.1 Å². The normalized spacial score (nSPS) is 17.8. The van der Waals surface area contributed by atoms with Crippen molar-refractivity contribution in [2.45, 2.75) is 32.5 Å². The number of carbonyl (C=O) groups is 2. The third-order valence-corrected chi connectivity index (χ3v) is 5.20. The van der Waals surface area contributed by atoms with Crippen LogP contribution in [0.4, 0.5) is 18.9 Å². The number of carbonyl (C=O) groups excluding carboxylic acids is 2. The monoisotopic (exact) mass is 420 g/mol. The number of amides is 2. The molecule has 0 bridgehead atoms. The maximum Gasteiger partial charge on any atom is 0.417 e. The average molecular weight is 420 g/mol. The van der Waals surface area contributed by atoms with E-state index in [1.165, 1.54) is 6.20 Å². The quantitative estimate of drug-likeness (QED) is 0.776. The van der Waals surface area contributed by atoms with Crippen molar-refractivity contribution in [3.63, 3.8) is 0 Å². The molecule has 0 spiro atoms. The summed E-state index contributed by atoms with van der Waals surface area (Å²) in [4.78, 5) is 29.6. The second-order valence-corrected chi connectivity index (χ2v) is 7.73. The summed E-state index contributed by atoms with van der Waals surface area (Å²) in [6.07, 6.45) is -2.67. The van der Waals surface area contributed by atoms with Crippen LogP contribution < -0.4 is 11.1 Å². The van der Waals surface area contributed by atoms with E-state index in [2.05, 4.69) is 22.1 Å². The first-order chi connectivity index (χ1) is 14.0. The van der Waals surface area contributed by atoms with Gasteiger partial charge in [0, 0.05) is 37.3 Å². The fourth-order valence-electron chi connectivity index (χ4n) is 3.64. The van der Waals surface area contributed by atoms with Gasteiger partial charge in [-0.05, 0) is 35.2 Å². The van der Waals surface area contributed by atoms with Gasteiger partial charge in [0.05, 0.1) is 17.4 Å². The van der Waals surface area contributed by atoms with E-state index in [1.807, 2.05) is 6.07 Å². The molecule has 6 nitrogen and oxygen atoms in total. The molecule has 2 atom stereocenters. The number of hydrogen-bond acceptors (Lipinski definition) is 4. The lowest BCUT2D eigenvalue weighted by Gasteiger charge is -2.34. The van der Waals surface area contributed by atoms with Crippen molar-refractivity contribution in [3.05, 3.63) is 58.9 Å². The molecule has 2 aromatic rings. The van der Waals surface area contributed by atoms with Crippen LogP contribution in [0.15, 0.2) is 36.7 Å². The SMILES string of the molecule is CC(CN1Cc2cc(C(=O)Nc3cncc(C(F)(F)F)c3)ccc2C(C)C1)C(N)=O. The summed E-state index contributed by atoms with van der Waals surface area (Å²) in [5.74, 6) is -0.970. The van der Waals surface area contributed by atoms with Crippen molar-refractivity contribution < 1.29 is 22.8 Å². The highest BCUT2D eigenvalue weighted by atomic mass is 19.4. The Morgan fingerprint density at radius 3 is 2.70 bits per heavy atom. The van der Waals surface area contributed by atoms with Crippen LogP contribution in [0, 0.1) is 5.92 Å². The van der Waals surface area contributed by atoms with Gasteiger partial charge < -0.3 is 11.1 Å². The van der Waals surface area contributed by atoms with Crippen LogP contribution in [0.1, 0.15) is 46.8 Å². The number of benzene rings is 1. The zero-order chi connectivity index (χ0) is 22.1. The van der Waals surface area contributed by atoms with E-state index < -0.39 is 17.6 Å². The van der Waals surface area contributed by atoms with E-state index in [0.29, 0.717) is 24.8 Å². The van der Waals surface area contributed by atoms with Gasteiger partial charge in [0.2, 0.25) is 5.91 Å². The minimum atomic E-state index is -4.54. The molecule has 0 radical (unpaired) electrons. The van der Waals surface area contributed by atoms with Gasteiger partial charge >= 0.3 is 6.18 Å². The maximum atomic E-state index is 12.8. The van der Waals surface area contributed by atoms with Crippen LogP contribution in [-0.4, -0.2) is 34.8 Å². The molecule has 30 heavy (non-hydrogen) atoms. The largest absolute Gasteiger partial charge is 0.417 e. The predicted octanol–water partition coefficient (Wildman–Crippen LogP) is 3.39. The Balaban J connectivity index is 1.77. The number of fused-ring (bicyclic) bond motifs is 1. The van der Waals surface area contributed by atoms with Gasteiger partial charge in [-0.1, -0.05) is 19.9 Å². The number of primary amides is 1. The Hall–Kier alpha value is -2.94. The number of nitrogens with two attached hydrogens (primary N) is 1. The summed E-state index contributed by atoms with van der Waals surface area (Å²) in [7, 11) is 0. The number of alkyl halides is 3. The topological polar surface area (TPSA) is 88.3 Å². The maximum absolute atomic E-state index is 12.8. The predicted molar refractivity (Wildman–Crippen MR) is 106 cm³/mol. The zero-order valence-corrected chi connectivity index (χ0v) is 16.7. The molecule has 0 saturated carbocycles. The van der Waals surface area contributed by atoms with Crippen molar-refractivity contribution in [1.82, 2.24) is 9.88 Å². The minimum Gasteiger partial charge on any atom is -0.369 e. The summed E-state index contributed by atoms with van der Waals surface area (Å²) in [5, 5.41) is 2.47. The fraction of sp³-hybridized carbons (Fsp3) is 0.381. The number of pyridine rings is 1. The summed E-state index contributed by atoms with van der Waals surface area (Å²) in [6, 6.07) is 6.11. The van der Waals surface area contributed by atoms with Gasteiger partial charge in [0.15, 0.2) is 0 Å². The molecule has 3 rings (SSSR count). The molecule has 0 saturated heterocycles. The van der Waals surface area contributed by atoms with Gasteiger partial charge in [-0.15, -0.1) is 0 Å². The molecule has 1 aromatic heterocycles. The number of halogens is 3. The van der Waals surface area contributed by atoms with Gasteiger partial charge in [-0.2, -0.15) is 13.2 Å². The number of hydrogen-bond donors (Lipinski definition) is 2. The third kappa shape index (κ3) is 4.96. The summed E-state index contributed by atoms with van der Waals surface area (Å²) in [6.45, 7) is 5.69.